The second-order valence-electron chi connectivity index (χ2n) is 9.46. The second kappa shape index (κ2) is 14.8. The number of unbranched alkanes of at least 4 members (excludes halogenated alkanes) is 2. The summed E-state index contributed by atoms with van der Waals surface area (Å²) in [5.41, 5.74) is 5.48. The monoisotopic (exact) mass is 500 g/mol. The molecule has 2 atom stereocenters. The molecule has 0 heterocycles. The van der Waals surface area contributed by atoms with Gasteiger partial charge in [0.2, 0.25) is 17.7 Å². The number of terminal acetylenes is 1. The van der Waals surface area contributed by atoms with E-state index in [2.05, 4.69) is 23.5 Å². The van der Waals surface area contributed by atoms with Crippen LogP contribution in [-0.2, 0) is 19.1 Å². The van der Waals surface area contributed by atoms with Crippen molar-refractivity contribution in [3.05, 3.63) is 35.4 Å². The van der Waals surface area contributed by atoms with Crippen LogP contribution in [0.15, 0.2) is 24.3 Å². The number of hydrogen-bond donors (Lipinski definition) is 3. The summed E-state index contributed by atoms with van der Waals surface area (Å²) >= 11 is 0. The zero-order valence-corrected chi connectivity index (χ0v) is 22.1. The minimum absolute atomic E-state index is 0.0501. The van der Waals surface area contributed by atoms with Gasteiger partial charge in [-0.2, -0.15) is 0 Å². The number of alkyl carbamates (subject to hydrolysis) is 1. The summed E-state index contributed by atoms with van der Waals surface area (Å²) in [6, 6.07) is 4.74. The van der Waals surface area contributed by atoms with Crippen molar-refractivity contribution in [2.45, 2.75) is 84.4 Å². The lowest BCUT2D eigenvalue weighted by Gasteiger charge is -2.34. The first-order valence-electron chi connectivity index (χ1n) is 12.4. The molecule has 36 heavy (non-hydrogen) atoms. The van der Waals surface area contributed by atoms with Gasteiger partial charge in [0.1, 0.15) is 17.7 Å². The Morgan fingerprint density at radius 2 is 1.81 bits per heavy atom. The van der Waals surface area contributed by atoms with Crippen LogP contribution in [0.2, 0.25) is 0 Å². The van der Waals surface area contributed by atoms with Gasteiger partial charge in [0.05, 0.1) is 0 Å². The van der Waals surface area contributed by atoms with Crippen LogP contribution in [0, 0.1) is 12.3 Å². The quantitative estimate of drug-likeness (QED) is 0.283. The maximum Gasteiger partial charge on any atom is 0.408 e. The third kappa shape index (κ3) is 9.98. The summed E-state index contributed by atoms with van der Waals surface area (Å²) in [5, 5.41) is 5.46. The second-order valence-corrected chi connectivity index (χ2v) is 9.46. The number of hydrogen-bond acceptors (Lipinski definition) is 5. The van der Waals surface area contributed by atoms with Gasteiger partial charge in [0.25, 0.3) is 0 Å². The van der Waals surface area contributed by atoms with E-state index in [9.17, 15) is 19.2 Å². The predicted molar refractivity (Wildman–Crippen MR) is 139 cm³/mol. The molecule has 0 aliphatic rings. The van der Waals surface area contributed by atoms with E-state index in [1.807, 2.05) is 0 Å². The molecule has 2 unspecified atom stereocenters. The zero-order chi connectivity index (χ0) is 27.3. The number of nitrogens with zero attached hydrogens (tertiary/aromatic N) is 1. The Hall–Kier alpha value is -3.54. The van der Waals surface area contributed by atoms with Gasteiger partial charge in [-0.25, -0.2) is 4.79 Å². The number of nitrogens with one attached hydrogen (secondary N) is 2. The van der Waals surface area contributed by atoms with Gasteiger partial charge in [-0.3, -0.25) is 14.4 Å². The first-order valence-corrected chi connectivity index (χ1v) is 12.4. The van der Waals surface area contributed by atoms with Crippen LogP contribution in [0.25, 0.3) is 0 Å². The Morgan fingerprint density at radius 1 is 1.14 bits per heavy atom. The molecule has 0 spiro atoms. The van der Waals surface area contributed by atoms with E-state index in [1.165, 1.54) is 4.90 Å². The van der Waals surface area contributed by atoms with Crippen molar-refractivity contribution in [2.75, 3.05) is 13.1 Å². The Bertz CT molecular complexity index is 948. The lowest BCUT2D eigenvalue weighted by Crippen LogP contribution is -2.53. The van der Waals surface area contributed by atoms with Gasteiger partial charge in [0, 0.05) is 25.1 Å². The molecule has 0 saturated carbocycles. The molecule has 1 aromatic rings. The summed E-state index contributed by atoms with van der Waals surface area (Å²) < 4.78 is 5.30. The molecular formula is C27H40N4O5. The number of ether oxygens (including phenoxy) is 1. The molecule has 0 aromatic heterocycles. The maximum absolute atomic E-state index is 13.8. The lowest BCUT2D eigenvalue weighted by molar-refractivity contribution is -0.142. The number of carbonyl (C=O) groups is 4. The fourth-order valence-corrected chi connectivity index (χ4v) is 3.66. The molecule has 4 amide bonds. The number of carbonyl (C=O) groups excluding carboxylic acids is 4. The number of primary amides is 1. The molecule has 0 aliphatic heterocycles. The van der Waals surface area contributed by atoms with E-state index >= 15 is 0 Å². The van der Waals surface area contributed by atoms with Crippen LogP contribution in [0.3, 0.4) is 0 Å². The minimum atomic E-state index is -1.14. The molecular weight excluding hydrogens is 460 g/mol. The smallest absolute Gasteiger partial charge is 0.408 e. The first-order chi connectivity index (χ1) is 16.9. The van der Waals surface area contributed by atoms with Gasteiger partial charge in [-0.05, 0) is 52.2 Å². The van der Waals surface area contributed by atoms with Crippen LogP contribution in [-0.4, -0.2) is 53.4 Å². The van der Waals surface area contributed by atoms with Gasteiger partial charge in [-0.1, -0.05) is 43.9 Å². The molecule has 0 aliphatic carbocycles. The number of benzene rings is 1. The molecule has 1 rings (SSSR count). The van der Waals surface area contributed by atoms with Crippen molar-refractivity contribution >= 4 is 23.8 Å². The third-order valence-corrected chi connectivity index (χ3v) is 5.34. The van der Waals surface area contributed by atoms with Crippen molar-refractivity contribution in [2.24, 2.45) is 5.73 Å². The van der Waals surface area contributed by atoms with Crippen molar-refractivity contribution in [1.29, 1.82) is 0 Å². The zero-order valence-electron chi connectivity index (χ0n) is 22.1. The molecule has 1 aromatic carbocycles. The fraction of sp³-hybridized carbons (Fsp3) is 0.556. The molecule has 0 fully saturated rings. The molecule has 9 heteroatoms. The van der Waals surface area contributed by atoms with E-state index in [1.54, 1.807) is 52.0 Å². The van der Waals surface area contributed by atoms with E-state index < -0.39 is 35.6 Å². The highest BCUT2D eigenvalue weighted by atomic mass is 16.6. The first kappa shape index (κ1) is 30.5. The van der Waals surface area contributed by atoms with Crippen molar-refractivity contribution in [1.82, 2.24) is 15.5 Å². The number of rotatable bonds is 13. The average Bonchev–Trinajstić information content (AvgIpc) is 2.81. The molecule has 0 radical (unpaired) electrons. The van der Waals surface area contributed by atoms with E-state index in [4.69, 9.17) is 16.9 Å². The van der Waals surface area contributed by atoms with E-state index in [0.717, 1.165) is 19.3 Å². The molecule has 0 bridgehead atoms. The van der Waals surface area contributed by atoms with Crippen molar-refractivity contribution in [3.63, 3.8) is 0 Å². The Labute approximate surface area is 214 Å². The van der Waals surface area contributed by atoms with Gasteiger partial charge >= 0.3 is 6.09 Å². The standard InChI is InChI=1S/C27H40N4O5/c1-7-10-13-18-29-24(33)23(20-15-12-11-14-19(20)8-2)31(9-3)25(34)21(16-17-22(28)32)30-26(35)36-27(4,5)6/h2,11-12,14-15,21,23H,7,9-10,13,16-18H2,1,3-6H3,(H2,28,32)(H,29,33)(H,30,35). The molecule has 0 saturated heterocycles. The number of nitrogens with two attached hydrogens (primary N) is 1. The normalized spacial score (nSPS) is 12.6. The van der Waals surface area contributed by atoms with Crippen LogP contribution in [0.1, 0.15) is 83.9 Å². The Kier molecular flexibility index (Phi) is 12.5. The number of amides is 4. The highest BCUT2D eigenvalue weighted by Crippen LogP contribution is 2.26. The fourth-order valence-electron chi connectivity index (χ4n) is 3.66. The third-order valence-electron chi connectivity index (χ3n) is 5.34. The summed E-state index contributed by atoms with van der Waals surface area (Å²) in [6.45, 7) is 9.48. The van der Waals surface area contributed by atoms with Crippen LogP contribution < -0.4 is 16.4 Å². The highest BCUT2D eigenvalue weighted by molar-refractivity contribution is 5.92. The summed E-state index contributed by atoms with van der Waals surface area (Å²) in [5.74, 6) is 1.03. The molecule has 9 nitrogen and oxygen atoms in total. The van der Waals surface area contributed by atoms with Gasteiger partial charge in [-0.15, -0.1) is 6.42 Å². The minimum Gasteiger partial charge on any atom is -0.444 e. The van der Waals surface area contributed by atoms with E-state index in [0.29, 0.717) is 17.7 Å². The highest BCUT2D eigenvalue weighted by Gasteiger charge is 2.36. The summed E-state index contributed by atoms with van der Waals surface area (Å²) in [7, 11) is 0. The molecule has 198 valence electrons. The van der Waals surface area contributed by atoms with E-state index in [-0.39, 0.29) is 25.3 Å². The average molecular weight is 501 g/mol. The lowest BCUT2D eigenvalue weighted by atomic mass is 9.97. The summed E-state index contributed by atoms with van der Waals surface area (Å²) in [4.78, 5) is 52.5. The van der Waals surface area contributed by atoms with Crippen molar-refractivity contribution in [3.8, 4) is 12.3 Å². The van der Waals surface area contributed by atoms with Crippen LogP contribution in [0.5, 0.6) is 0 Å². The van der Waals surface area contributed by atoms with Crippen LogP contribution >= 0.6 is 0 Å². The van der Waals surface area contributed by atoms with Crippen molar-refractivity contribution < 1.29 is 23.9 Å². The molecule has 4 N–H and O–H groups in total. The van der Waals surface area contributed by atoms with Crippen LogP contribution in [0.4, 0.5) is 4.79 Å². The number of likely N-dealkylation sites (N-methyl/N-ethyl adjacent to an activating group) is 1. The SMILES string of the molecule is C#Cc1ccccc1C(C(=O)NCCCCC)N(CC)C(=O)C(CCC(N)=O)NC(=O)OC(C)(C)C. The van der Waals surface area contributed by atoms with Gasteiger partial charge in [0.15, 0.2) is 0 Å². The van der Waals surface area contributed by atoms with Gasteiger partial charge < -0.3 is 26.0 Å². The maximum atomic E-state index is 13.8. The largest absolute Gasteiger partial charge is 0.444 e. The topological polar surface area (TPSA) is 131 Å². The Balaban J connectivity index is 3.38. The predicted octanol–water partition coefficient (Wildman–Crippen LogP) is 3.02. The summed E-state index contributed by atoms with van der Waals surface area (Å²) in [6.07, 6.45) is 7.45. The Morgan fingerprint density at radius 3 is 2.36 bits per heavy atom.